The summed E-state index contributed by atoms with van der Waals surface area (Å²) in [4.78, 5) is 16.7. The van der Waals surface area contributed by atoms with Crippen molar-refractivity contribution in [3.8, 4) is 0 Å². The van der Waals surface area contributed by atoms with Crippen LogP contribution in [-0.4, -0.2) is 61.5 Å². The summed E-state index contributed by atoms with van der Waals surface area (Å²) in [6.45, 7) is 9.66. The number of rotatable bonds is 5. The van der Waals surface area contributed by atoms with E-state index in [0.717, 1.165) is 58.0 Å². The number of piperazine rings is 1. The zero-order chi connectivity index (χ0) is 13.5. The molecule has 1 N–H and O–H groups in total. The average molecular weight is 267 g/mol. The molecule has 1 amide bonds. The van der Waals surface area contributed by atoms with Gasteiger partial charge < -0.3 is 10.2 Å². The van der Waals surface area contributed by atoms with Crippen LogP contribution in [0.3, 0.4) is 0 Å². The number of nitrogens with one attached hydrogen (secondary N) is 1. The number of hydrogen-bond acceptors (Lipinski definition) is 3. The van der Waals surface area contributed by atoms with Gasteiger partial charge in [-0.05, 0) is 51.2 Å². The van der Waals surface area contributed by atoms with Crippen molar-refractivity contribution in [2.24, 2.45) is 5.92 Å². The summed E-state index contributed by atoms with van der Waals surface area (Å²) in [5, 5.41) is 3.38. The fourth-order valence-electron chi connectivity index (χ4n) is 3.19. The highest BCUT2D eigenvalue weighted by Crippen LogP contribution is 2.18. The van der Waals surface area contributed by atoms with Gasteiger partial charge in [0.1, 0.15) is 0 Å². The summed E-state index contributed by atoms with van der Waals surface area (Å²) in [6.07, 6.45) is 5.56. The molecule has 0 radical (unpaired) electrons. The van der Waals surface area contributed by atoms with Crippen molar-refractivity contribution in [2.45, 2.75) is 39.0 Å². The maximum Gasteiger partial charge on any atom is 0.222 e. The lowest BCUT2D eigenvalue weighted by molar-refractivity contribution is -0.133. The summed E-state index contributed by atoms with van der Waals surface area (Å²) in [6, 6.07) is 0. The third-order valence-corrected chi connectivity index (χ3v) is 4.49. The lowest BCUT2D eigenvalue weighted by Gasteiger charge is -2.35. The maximum atomic E-state index is 12.2. The summed E-state index contributed by atoms with van der Waals surface area (Å²) in [7, 11) is 0. The predicted octanol–water partition coefficient (Wildman–Crippen LogP) is 1.32. The molecule has 0 atom stereocenters. The van der Waals surface area contributed by atoms with Crippen LogP contribution in [-0.2, 0) is 4.79 Å². The van der Waals surface area contributed by atoms with Crippen LogP contribution in [0.25, 0.3) is 0 Å². The molecular formula is C15H29N3O. The van der Waals surface area contributed by atoms with Gasteiger partial charge in [-0.1, -0.05) is 6.92 Å². The summed E-state index contributed by atoms with van der Waals surface area (Å²) in [5.74, 6) is 1.15. The van der Waals surface area contributed by atoms with Crippen LogP contribution in [0.1, 0.15) is 39.0 Å². The number of carbonyl (C=O) groups excluding carboxylic acids is 1. The minimum absolute atomic E-state index is 0.384. The fraction of sp³-hybridized carbons (Fsp3) is 0.933. The van der Waals surface area contributed by atoms with Crippen molar-refractivity contribution in [1.82, 2.24) is 15.1 Å². The molecule has 0 aromatic rings. The van der Waals surface area contributed by atoms with Crippen LogP contribution in [0.5, 0.6) is 0 Å². The molecule has 19 heavy (non-hydrogen) atoms. The zero-order valence-electron chi connectivity index (χ0n) is 12.4. The van der Waals surface area contributed by atoms with Gasteiger partial charge in [-0.2, -0.15) is 0 Å². The molecular weight excluding hydrogens is 238 g/mol. The highest BCUT2D eigenvalue weighted by Gasteiger charge is 2.21. The second-order valence-electron chi connectivity index (χ2n) is 5.95. The first-order chi connectivity index (χ1) is 9.29. The van der Waals surface area contributed by atoms with E-state index in [9.17, 15) is 4.79 Å². The van der Waals surface area contributed by atoms with Crippen LogP contribution in [0.2, 0.25) is 0 Å². The van der Waals surface area contributed by atoms with Gasteiger partial charge in [0.2, 0.25) is 5.91 Å². The van der Waals surface area contributed by atoms with Crippen LogP contribution >= 0.6 is 0 Å². The maximum absolute atomic E-state index is 12.2. The van der Waals surface area contributed by atoms with Gasteiger partial charge in [0.05, 0.1) is 0 Å². The summed E-state index contributed by atoms with van der Waals surface area (Å²) in [5.41, 5.74) is 0. The fourth-order valence-corrected chi connectivity index (χ4v) is 3.19. The monoisotopic (exact) mass is 267 g/mol. The number of hydrogen-bond donors (Lipinski definition) is 1. The molecule has 2 fully saturated rings. The van der Waals surface area contributed by atoms with E-state index in [1.54, 1.807) is 0 Å². The molecule has 0 spiro atoms. The highest BCUT2D eigenvalue weighted by molar-refractivity contribution is 5.76. The van der Waals surface area contributed by atoms with Crippen molar-refractivity contribution in [3.05, 3.63) is 0 Å². The lowest BCUT2D eigenvalue weighted by atomic mass is 9.93. The van der Waals surface area contributed by atoms with Crippen molar-refractivity contribution >= 4 is 5.91 Å². The largest absolute Gasteiger partial charge is 0.340 e. The van der Waals surface area contributed by atoms with Crippen LogP contribution < -0.4 is 5.32 Å². The van der Waals surface area contributed by atoms with E-state index in [2.05, 4.69) is 22.0 Å². The molecule has 2 heterocycles. The molecule has 0 saturated carbocycles. The molecule has 2 aliphatic heterocycles. The Morgan fingerprint density at radius 2 is 1.84 bits per heavy atom. The Balaban J connectivity index is 1.63. The molecule has 110 valence electrons. The van der Waals surface area contributed by atoms with Gasteiger partial charge in [0, 0.05) is 32.6 Å². The molecule has 2 aliphatic rings. The number of nitrogens with zero attached hydrogens (tertiary/aromatic N) is 2. The smallest absolute Gasteiger partial charge is 0.222 e. The van der Waals surface area contributed by atoms with E-state index in [1.807, 2.05) is 0 Å². The Labute approximate surface area is 117 Å². The average Bonchev–Trinajstić information content (AvgIpc) is 2.47. The minimum atomic E-state index is 0.384. The van der Waals surface area contributed by atoms with Crippen LogP contribution in [0.4, 0.5) is 0 Å². The van der Waals surface area contributed by atoms with Crippen molar-refractivity contribution in [1.29, 1.82) is 0 Å². The molecule has 0 aromatic heterocycles. The predicted molar refractivity (Wildman–Crippen MR) is 78.1 cm³/mol. The first-order valence-corrected chi connectivity index (χ1v) is 8.00. The zero-order valence-corrected chi connectivity index (χ0v) is 12.4. The SMILES string of the molecule is CCCN1CCN(C(=O)CCC2CCNCC2)CC1. The Morgan fingerprint density at radius 3 is 2.47 bits per heavy atom. The Hall–Kier alpha value is -0.610. The van der Waals surface area contributed by atoms with E-state index in [1.165, 1.54) is 25.8 Å². The molecule has 0 bridgehead atoms. The van der Waals surface area contributed by atoms with E-state index in [4.69, 9.17) is 0 Å². The van der Waals surface area contributed by atoms with Gasteiger partial charge in [-0.25, -0.2) is 0 Å². The number of amides is 1. The third-order valence-electron chi connectivity index (χ3n) is 4.49. The standard InChI is InChI=1S/C15H29N3O/c1-2-9-17-10-12-18(13-11-17)15(19)4-3-14-5-7-16-8-6-14/h14,16H,2-13H2,1H3. The Morgan fingerprint density at radius 1 is 1.16 bits per heavy atom. The molecule has 0 aliphatic carbocycles. The lowest BCUT2D eigenvalue weighted by Crippen LogP contribution is -2.48. The summed E-state index contributed by atoms with van der Waals surface area (Å²) < 4.78 is 0. The molecule has 4 heteroatoms. The molecule has 2 rings (SSSR count). The minimum Gasteiger partial charge on any atom is -0.340 e. The molecule has 2 saturated heterocycles. The second-order valence-corrected chi connectivity index (χ2v) is 5.95. The molecule has 0 unspecified atom stereocenters. The Kier molecular flexibility index (Phi) is 6.11. The normalized spacial score (nSPS) is 22.7. The Bertz CT molecular complexity index is 269. The van der Waals surface area contributed by atoms with Gasteiger partial charge >= 0.3 is 0 Å². The van der Waals surface area contributed by atoms with E-state index < -0.39 is 0 Å². The van der Waals surface area contributed by atoms with E-state index >= 15 is 0 Å². The quantitative estimate of drug-likeness (QED) is 0.816. The van der Waals surface area contributed by atoms with Crippen molar-refractivity contribution in [3.63, 3.8) is 0 Å². The number of piperidine rings is 1. The first-order valence-electron chi connectivity index (χ1n) is 8.00. The van der Waals surface area contributed by atoms with Crippen molar-refractivity contribution < 1.29 is 4.79 Å². The van der Waals surface area contributed by atoms with Gasteiger partial charge in [-0.15, -0.1) is 0 Å². The van der Waals surface area contributed by atoms with Crippen LogP contribution in [0.15, 0.2) is 0 Å². The van der Waals surface area contributed by atoms with E-state index in [0.29, 0.717) is 5.91 Å². The van der Waals surface area contributed by atoms with Gasteiger partial charge in [-0.3, -0.25) is 9.69 Å². The molecule has 4 nitrogen and oxygen atoms in total. The van der Waals surface area contributed by atoms with Gasteiger partial charge in [0.25, 0.3) is 0 Å². The van der Waals surface area contributed by atoms with Crippen LogP contribution in [0, 0.1) is 5.92 Å². The third kappa shape index (κ3) is 4.77. The number of carbonyl (C=O) groups is 1. The summed E-state index contributed by atoms with van der Waals surface area (Å²) >= 11 is 0. The topological polar surface area (TPSA) is 35.6 Å². The van der Waals surface area contributed by atoms with E-state index in [-0.39, 0.29) is 0 Å². The van der Waals surface area contributed by atoms with Crippen molar-refractivity contribution in [2.75, 3.05) is 45.8 Å². The first kappa shape index (κ1) is 14.8. The second kappa shape index (κ2) is 7.85. The van der Waals surface area contributed by atoms with Gasteiger partial charge in [0.15, 0.2) is 0 Å². The molecule has 0 aromatic carbocycles. The highest BCUT2D eigenvalue weighted by atomic mass is 16.2.